The van der Waals surface area contributed by atoms with Crippen LogP contribution in [0.4, 0.5) is 5.13 Å². The first kappa shape index (κ1) is 21.0. The fourth-order valence-corrected chi connectivity index (χ4v) is 4.73. The van der Waals surface area contributed by atoms with Crippen molar-refractivity contribution in [3.05, 3.63) is 78.1 Å². The van der Waals surface area contributed by atoms with E-state index in [0.717, 1.165) is 11.0 Å². The number of benzene rings is 2. The molecule has 0 aliphatic heterocycles. The van der Waals surface area contributed by atoms with Gasteiger partial charge in [0.25, 0.3) is 5.91 Å². The molecule has 0 fully saturated rings. The summed E-state index contributed by atoms with van der Waals surface area (Å²) in [6, 6.07) is 17.1. The van der Waals surface area contributed by atoms with Gasteiger partial charge in [-0.1, -0.05) is 29.5 Å². The van der Waals surface area contributed by atoms with Crippen LogP contribution >= 0.6 is 11.3 Å². The summed E-state index contributed by atoms with van der Waals surface area (Å²) >= 11 is 1.35. The minimum Gasteiger partial charge on any atom is -0.494 e. The lowest BCUT2D eigenvalue weighted by Gasteiger charge is -2.20. The molecule has 0 saturated carbocycles. The van der Waals surface area contributed by atoms with Crippen LogP contribution in [-0.2, 0) is 16.4 Å². The maximum absolute atomic E-state index is 13.5. The quantitative estimate of drug-likeness (QED) is 0.439. The molecule has 4 rings (SSSR count). The first-order valence-corrected chi connectivity index (χ1v) is 12.0. The zero-order chi connectivity index (χ0) is 22.0. The molecule has 0 unspecified atom stereocenters. The molecule has 0 atom stereocenters. The second-order valence-electron chi connectivity index (χ2n) is 6.82. The SMILES string of the molecule is COc1cccc2sc(N(Cc3ccccn3)C(=O)c3cccc(S(C)(=O)=O)c3)nc12. The molecule has 0 radical (unpaired) electrons. The minimum absolute atomic E-state index is 0.0853. The van der Waals surface area contributed by atoms with Crippen LogP contribution in [0.3, 0.4) is 0 Å². The number of rotatable bonds is 6. The lowest BCUT2D eigenvalue weighted by Crippen LogP contribution is -2.30. The highest BCUT2D eigenvalue weighted by Gasteiger charge is 2.24. The molecule has 7 nitrogen and oxygen atoms in total. The summed E-state index contributed by atoms with van der Waals surface area (Å²) in [5, 5.41) is 0.472. The number of ether oxygens (including phenoxy) is 1. The van der Waals surface area contributed by atoms with Gasteiger partial charge in [-0.3, -0.25) is 14.7 Å². The number of fused-ring (bicyclic) bond motifs is 1. The highest BCUT2D eigenvalue weighted by Crippen LogP contribution is 2.35. The number of pyridine rings is 1. The average Bonchev–Trinajstić information content (AvgIpc) is 3.21. The first-order chi connectivity index (χ1) is 14.9. The molecule has 0 aliphatic rings. The van der Waals surface area contributed by atoms with E-state index in [4.69, 9.17) is 4.74 Å². The van der Waals surface area contributed by atoms with Crippen LogP contribution in [0, 0.1) is 0 Å². The van der Waals surface area contributed by atoms with E-state index in [9.17, 15) is 13.2 Å². The number of carbonyl (C=O) groups is 1. The van der Waals surface area contributed by atoms with Gasteiger partial charge in [0, 0.05) is 18.0 Å². The molecule has 4 aromatic rings. The number of thiazole rings is 1. The Kier molecular flexibility index (Phi) is 5.71. The van der Waals surface area contributed by atoms with Crippen LogP contribution in [0.25, 0.3) is 10.2 Å². The monoisotopic (exact) mass is 453 g/mol. The average molecular weight is 454 g/mol. The summed E-state index contributed by atoms with van der Waals surface area (Å²) in [6.07, 6.45) is 2.77. The largest absolute Gasteiger partial charge is 0.494 e. The third-order valence-electron chi connectivity index (χ3n) is 4.62. The molecule has 31 heavy (non-hydrogen) atoms. The number of nitrogens with zero attached hydrogens (tertiary/aromatic N) is 3. The number of anilines is 1. The van der Waals surface area contributed by atoms with Crippen molar-refractivity contribution in [1.29, 1.82) is 0 Å². The van der Waals surface area contributed by atoms with Crippen molar-refractivity contribution in [2.75, 3.05) is 18.3 Å². The van der Waals surface area contributed by atoms with Crippen molar-refractivity contribution in [2.45, 2.75) is 11.4 Å². The smallest absolute Gasteiger partial charge is 0.260 e. The zero-order valence-corrected chi connectivity index (χ0v) is 18.5. The summed E-state index contributed by atoms with van der Waals surface area (Å²) in [5.41, 5.74) is 1.60. The molecule has 158 valence electrons. The normalized spacial score (nSPS) is 11.4. The summed E-state index contributed by atoms with van der Waals surface area (Å²) in [5.74, 6) is 0.249. The molecule has 0 aliphatic carbocycles. The number of para-hydroxylation sites is 1. The number of hydrogen-bond acceptors (Lipinski definition) is 7. The second kappa shape index (κ2) is 8.44. The first-order valence-electron chi connectivity index (χ1n) is 9.32. The van der Waals surface area contributed by atoms with E-state index >= 15 is 0 Å². The van der Waals surface area contributed by atoms with Crippen molar-refractivity contribution in [2.24, 2.45) is 0 Å². The van der Waals surface area contributed by atoms with Crippen LogP contribution in [0.2, 0.25) is 0 Å². The van der Waals surface area contributed by atoms with Crippen molar-refractivity contribution in [1.82, 2.24) is 9.97 Å². The third-order valence-corrected chi connectivity index (χ3v) is 6.78. The minimum atomic E-state index is -3.45. The molecule has 0 N–H and O–H groups in total. The molecule has 2 aromatic carbocycles. The van der Waals surface area contributed by atoms with E-state index in [1.165, 1.54) is 28.4 Å². The molecule has 0 bridgehead atoms. The van der Waals surface area contributed by atoms with Gasteiger partial charge in [0.15, 0.2) is 15.0 Å². The fraction of sp³-hybridized carbons (Fsp3) is 0.136. The highest BCUT2D eigenvalue weighted by atomic mass is 32.2. The molecule has 1 amide bonds. The van der Waals surface area contributed by atoms with E-state index in [0.29, 0.717) is 22.1 Å². The van der Waals surface area contributed by atoms with Crippen LogP contribution in [0.5, 0.6) is 5.75 Å². The maximum atomic E-state index is 13.5. The van der Waals surface area contributed by atoms with Crippen LogP contribution in [-0.4, -0.2) is 37.7 Å². The zero-order valence-electron chi connectivity index (χ0n) is 16.8. The molecule has 2 aromatic heterocycles. The summed E-state index contributed by atoms with van der Waals surface area (Å²) < 4.78 is 30.2. The molecule has 0 saturated heterocycles. The molecule has 0 spiro atoms. The molecular weight excluding hydrogens is 434 g/mol. The van der Waals surface area contributed by atoms with E-state index in [2.05, 4.69) is 9.97 Å². The number of carbonyl (C=O) groups excluding carboxylic acids is 1. The Morgan fingerprint density at radius 3 is 2.61 bits per heavy atom. The van der Waals surface area contributed by atoms with Gasteiger partial charge in [0.2, 0.25) is 0 Å². The predicted molar refractivity (Wildman–Crippen MR) is 120 cm³/mol. The fourth-order valence-electron chi connectivity index (χ4n) is 3.09. The van der Waals surface area contributed by atoms with Crippen molar-refractivity contribution < 1.29 is 17.9 Å². The summed E-state index contributed by atoms with van der Waals surface area (Å²) in [7, 11) is -1.88. The Labute approximate surface area is 183 Å². The van der Waals surface area contributed by atoms with E-state index in [1.807, 2.05) is 30.3 Å². The van der Waals surface area contributed by atoms with Gasteiger partial charge in [0.1, 0.15) is 11.3 Å². The number of methoxy groups -OCH3 is 1. The molecule has 2 heterocycles. The van der Waals surface area contributed by atoms with Gasteiger partial charge >= 0.3 is 0 Å². The predicted octanol–water partition coefficient (Wildman–Crippen LogP) is 3.95. The Bertz CT molecular complexity index is 1350. The van der Waals surface area contributed by atoms with Crippen LogP contribution in [0.15, 0.2) is 71.8 Å². The van der Waals surface area contributed by atoms with Gasteiger partial charge in [-0.15, -0.1) is 0 Å². The lowest BCUT2D eigenvalue weighted by molar-refractivity contribution is 0.0984. The van der Waals surface area contributed by atoms with E-state index in [-0.39, 0.29) is 22.9 Å². The Hall–Kier alpha value is -3.30. The lowest BCUT2D eigenvalue weighted by atomic mass is 10.2. The third kappa shape index (κ3) is 4.42. The van der Waals surface area contributed by atoms with Crippen LogP contribution < -0.4 is 9.64 Å². The molecular formula is C22H19N3O4S2. The highest BCUT2D eigenvalue weighted by molar-refractivity contribution is 7.90. The van der Waals surface area contributed by atoms with E-state index in [1.54, 1.807) is 31.5 Å². The topological polar surface area (TPSA) is 89.5 Å². The van der Waals surface area contributed by atoms with Gasteiger partial charge in [0.05, 0.1) is 28.9 Å². The Morgan fingerprint density at radius 1 is 1.10 bits per heavy atom. The Morgan fingerprint density at radius 2 is 1.90 bits per heavy atom. The molecule has 9 heteroatoms. The number of amides is 1. The Balaban J connectivity index is 1.81. The van der Waals surface area contributed by atoms with Crippen molar-refractivity contribution >= 4 is 42.4 Å². The van der Waals surface area contributed by atoms with Gasteiger partial charge in [-0.2, -0.15) is 0 Å². The van der Waals surface area contributed by atoms with Crippen molar-refractivity contribution in [3.8, 4) is 5.75 Å². The van der Waals surface area contributed by atoms with E-state index < -0.39 is 9.84 Å². The number of hydrogen-bond donors (Lipinski definition) is 0. The summed E-state index contributed by atoms with van der Waals surface area (Å²) in [4.78, 5) is 24.1. The van der Waals surface area contributed by atoms with Gasteiger partial charge in [-0.05, 0) is 42.5 Å². The summed E-state index contributed by atoms with van der Waals surface area (Å²) in [6.45, 7) is 0.185. The van der Waals surface area contributed by atoms with Gasteiger partial charge in [-0.25, -0.2) is 13.4 Å². The second-order valence-corrected chi connectivity index (χ2v) is 9.84. The van der Waals surface area contributed by atoms with Gasteiger partial charge < -0.3 is 4.74 Å². The van der Waals surface area contributed by atoms with Crippen molar-refractivity contribution in [3.63, 3.8) is 0 Å². The number of sulfone groups is 1. The van der Waals surface area contributed by atoms with Crippen LogP contribution in [0.1, 0.15) is 16.1 Å². The maximum Gasteiger partial charge on any atom is 0.260 e. The standard InChI is InChI=1S/C22H19N3O4S2/c1-29-18-10-6-11-19-20(18)24-22(30-19)25(14-16-8-3-4-12-23-16)21(26)15-7-5-9-17(13-15)31(2,27)28/h3-13H,14H2,1-2H3. The number of aromatic nitrogens is 2.